The van der Waals surface area contributed by atoms with Crippen molar-refractivity contribution in [2.45, 2.75) is 24.2 Å². The number of nitrogens with one attached hydrogen (secondary N) is 1. The highest BCUT2D eigenvalue weighted by molar-refractivity contribution is 7.91. The van der Waals surface area contributed by atoms with Crippen molar-refractivity contribution < 1.29 is 17.5 Å². The summed E-state index contributed by atoms with van der Waals surface area (Å²) in [5.41, 5.74) is 1.25. The Labute approximate surface area is 177 Å². The number of sulfone groups is 1. The number of rotatable bonds is 7. The second-order valence-corrected chi connectivity index (χ2v) is 9.27. The van der Waals surface area contributed by atoms with Gasteiger partial charge in [-0.15, -0.1) is 0 Å². The summed E-state index contributed by atoms with van der Waals surface area (Å²) in [6, 6.07) is 13.5. The van der Waals surface area contributed by atoms with Crippen LogP contribution in [0.15, 0.2) is 58.4 Å². The molecule has 2 aromatic rings. The number of nitrogens with zero attached hydrogens (tertiary/aromatic N) is 2. The lowest BCUT2D eigenvalue weighted by Crippen LogP contribution is -2.40. The second kappa shape index (κ2) is 9.93. The average Bonchev–Trinajstić information content (AvgIpc) is 3.23. The van der Waals surface area contributed by atoms with Crippen LogP contribution in [-0.2, 0) is 9.84 Å². The average molecular weight is 434 g/mol. The molecule has 0 aromatic heterocycles. The fourth-order valence-corrected chi connectivity index (χ4v) is 4.81. The van der Waals surface area contributed by atoms with Gasteiger partial charge in [-0.05, 0) is 43.2 Å². The number of benzene rings is 2. The minimum Gasteiger partial charge on any atom is -0.497 e. The van der Waals surface area contributed by atoms with E-state index in [1.807, 2.05) is 19.1 Å². The largest absolute Gasteiger partial charge is 0.497 e. The summed E-state index contributed by atoms with van der Waals surface area (Å²) in [6.07, 6.45) is 0.990. The quantitative estimate of drug-likeness (QED) is 0.537. The zero-order chi connectivity index (χ0) is 21.6. The third-order valence-corrected chi connectivity index (χ3v) is 6.92. The van der Waals surface area contributed by atoms with E-state index in [0.29, 0.717) is 18.4 Å². The lowest BCUT2D eigenvalue weighted by Gasteiger charge is -2.22. The van der Waals surface area contributed by atoms with E-state index < -0.39 is 15.7 Å². The number of ether oxygens (including phenoxy) is 1. The molecule has 2 aromatic carbocycles. The maximum atomic E-state index is 13.8. The van der Waals surface area contributed by atoms with Gasteiger partial charge in [0.2, 0.25) is 0 Å². The minimum absolute atomic E-state index is 0.0721. The molecule has 3 rings (SSSR count). The fourth-order valence-electron chi connectivity index (χ4n) is 3.61. The monoisotopic (exact) mass is 433 g/mol. The maximum absolute atomic E-state index is 13.8. The van der Waals surface area contributed by atoms with Crippen LogP contribution in [0.25, 0.3) is 0 Å². The molecule has 0 radical (unpaired) electrons. The van der Waals surface area contributed by atoms with Crippen LogP contribution in [0.2, 0.25) is 0 Å². The van der Waals surface area contributed by atoms with Gasteiger partial charge in [-0.25, -0.2) is 12.8 Å². The van der Waals surface area contributed by atoms with Gasteiger partial charge in [0.25, 0.3) is 0 Å². The molecular weight excluding hydrogens is 405 g/mol. The summed E-state index contributed by atoms with van der Waals surface area (Å²) in [5.74, 6) is 0.937. The molecule has 1 saturated heterocycles. The number of methoxy groups -OCH3 is 1. The van der Waals surface area contributed by atoms with Crippen molar-refractivity contribution in [1.29, 1.82) is 0 Å². The van der Waals surface area contributed by atoms with Crippen LogP contribution in [-0.4, -0.2) is 58.3 Å². The van der Waals surface area contributed by atoms with E-state index in [4.69, 9.17) is 4.74 Å². The molecule has 0 aliphatic carbocycles. The molecule has 6 nitrogen and oxygen atoms in total. The predicted molar refractivity (Wildman–Crippen MR) is 116 cm³/mol. The fraction of sp³-hybridized carbons (Fsp3) is 0.409. The molecule has 1 N–H and O–H groups in total. The first-order valence-electron chi connectivity index (χ1n) is 10.1. The molecule has 1 aliphatic heterocycles. The Morgan fingerprint density at radius 1 is 1.23 bits per heavy atom. The van der Waals surface area contributed by atoms with Crippen molar-refractivity contribution in [3.8, 4) is 5.75 Å². The van der Waals surface area contributed by atoms with Crippen molar-refractivity contribution in [3.63, 3.8) is 0 Å². The lowest BCUT2D eigenvalue weighted by molar-refractivity contribution is 0.414. The Morgan fingerprint density at radius 2 is 1.97 bits per heavy atom. The SMILES string of the molecule is CCNC(=NCCS(=O)(=O)c1ccccc1F)N1CCC(c2ccc(OC)cc2)C1. The van der Waals surface area contributed by atoms with E-state index in [0.717, 1.165) is 31.3 Å². The van der Waals surface area contributed by atoms with Crippen LogP contribution < -0.4 is 10.1 Å². The van der Waals surface area contributed by atoms with Gasteiger partial charge in [0, 0.05) is 25.6 Å². The number of hydrogen-bond acceptors (Lipinski definition) is 4. The van der Waals surface area contributed by atoms with Crippen molar-refractivity contribution in [3.05, 3.63) is 59.9 Å². The van der Waals surface area contributed by atoms with E-state index in [1.165, 1.54) is 23.8 Å². The normalized spacial score (nSPS) is 17.2. The van der Waals surface area contributed by atoms with Crippen molar-refractivity contribution in [2.75, 3.05) is 39.0 Å². The lowest BCUT2D eigenvalue weighted by atomic mass is 9.98. The zero-order valence-electron chi connectivity index (χ0n) is 17.3. The first-order valence-corrected chi connectivity index (χ1v) is 11.7. The highest BCUT2D eigenvalue weighted by Crippen LogP contribution is 2.28. The van der Waals surface area contributed by atoms with Gasteiger partial charge in [-0.3, -0.25) is 4.99 Å². The summed E-state index contributed by atoms with van der Waals surface area (Å²) in [6.45, 7) is 4.37. The summed E-state index contributed by atoms with van der Waals surface area (Å²) < 4.78 is 44.0. The molecule has 0 bridgehead atoms. The molecule has 30 heavy (non-hydrogen) atoms. The Kier molecular flexibility index (Phi) is 7.31. The van der Waals surface area contributed by atoms with Gasteiger partial charge >= 0.3 is 0 Å². The van der Waals surface area contributed by atoms with Crippen molar-refractivity contribution >= 4 is 15.8 Å². The van der Waals surface area contributed by atoms with Gasteiger partial charge in [0.1, 0.15) is 16.5 Å². The Morgan fingerprint density at radius 3 is 2.63 bits per heavy atom. The van der Waals surface area contributed by atoms with E-state index in [2.05, 4.69) is 27.3 Å². The van der Waals surface area contributed by atoms with Gasteiger partial charge in [0.05, 0.1) is 19.4 Å². The Hall–Kier alpha value is -2.61. The Balaban J connectivity index is 1.65. The number of aliphatic imine (C=N–C) groups is 1. The third-order valence-electron chi connectivity index (χ3n) is 5.20. The van der Waals surface area contributed by atoms with Crippen LogP contribution in [0.5, 0.6) is 5.75 Å². The molecule has 0 amide bonds. The number of hydrogen-bond donors (Lipinski definition) is 1. The first-order chi connectivity index (χ1) is 14.4. The molecule has 162 valence electrons. The van der Waals surface area contributed by atoms with Crippen LogP contribution >= 0.6 is 0 Å². The smallest absolute Gasteiger partial charge is 0.193 e. The maximum Gasteiger partial charge on any atom is 0.193 e. The topological polar surface area (TPSA) is 71.0 Å². The molecule has 1 atom stereocenters. The number of guanidine groups is 1. The van der Waals surface area contributed by atoms with Crippen molar-refractivity contribution in [1.82, 2.24) is 10.2 Å². The highest BCUT2D eigenvalue weighted by Gasteiger charge is 2.26. The number of likely N-dealkylation sites (tertiary alicyclic amines) is 1. The molecule has 1 fully saturated rings. The van der Waals surface area contributed by atoms with Crippen LogP contribution in [0.3, 0.4) is 0 Å². The summed E-state index contributed by atoms with van der Waals surface area (Å²) in [7, 11) is -2.08. The summed E-state index contributed by atoms with van der Waals surface area (Å²) in [4.78, 5) is 6.38. The minimum atomic E-state index is -3.73. The molecule has 1 aliphatic rings. The number of halogens is 1. The van der Waals surface area contributed by atoms with Crippen LogP contribution in [0.4, 0.5) is 4.39 Å². The molecule has 1 heterocycles. The molecule has 0 spiro atoms. The molecule has 0 saturated carbocycles. The van der Waals surface area contributed by atoms with Crippen LogP contribution in [0, 0.1) is 5.82 Å². The zero-order valence-corrected chi connectivity index (χ0v) is 18.2. The second-order valence-electron chi connectivity index (χ2n) is 7.19. The standard InChI is InChI=1S/C22H28FN3O3S/c1-3-24-22(25-13-15-30(27,28)21-7-5-4-6-20(21)23)26-14-12-18(16-26)17-8-10-19(29-2)11-9-17/h4-11,18H,3,12-16H2,1-2H3,(H,24,25). The molecule has 8 heteroatoms. The Bertz CT molecular complexity index is 977. The first kappa shape index (κ1) is 22.1. The highest BCUT2D eigenvalue weighted by atomic mass is 32.2. The van der Waals surface area contributed by atoms with Crippen LogP contribution in [0.1, 0.15) is 24.8 Å². The predicted octanol–water partition coefficient (Wildman–Crippen LogP) is 3.06. The molecular formula is C22H28FN3O3S. The molecule has 1 unspecified atom stereocenters. The summed E-state index contributed by atoms with van der Waals surface area (Å²) in [5, 5.41) is 3.24. The van der Waals surface area contributed by atoms with Crippen molar-refractivity contribution in [2.24, 2.45) is 4.99 Å². The van der Waals surface area contributed by atoms with E-state index in [1.54, 1.807) is 7.11 Å². The van der Waals surface area contributed by atoms with Gasteiger partial charge < -0.3 is 15.0 Å². The third kappa shape index (κ3) is 5.30. The van der Waals surface area contributed by atoms with Gasteiger partial charge in [-0.1, -0.05) is 24.3 Å². The van der Waals surface area contributed by atoms with E-state index in [-0.39, 0.29) is 17.2 Å². The van der Waals surface area contributed by atoms with Gasteiger partial charge in [-0.2, -0.15) is 0 Å². The van der Waals surface area contributed by atoms with E-state index >= 15 is 0 Å². The summed E-state index contributed by atoms with van der Waals surface area (Å²) >= 11 is 0. The van der Waals surface area contributed by atoms with E-state index in [9.17, 15) is 12.8 Å². The van der Waals surface area contributed by atoms with Gasteiger partial charge in [0.15, 0.2) is 15.8 Å².